The molecular formula is C9H16ClNO2. The van der Waals surface area contributed by atoms with Crippen LogP contribution in [0, 0.1) is 0 Å². The summed E-state index contributed by atoms with van der Waals surface area (Å²) in [7, 11) is 1.68. The molecule has 13 heavy (non-hydrogen) atoms. The summed E-state index contributed by atoms with van der Waals surface area (Å²) in [5.74, 6) is 0.638. The van der Waals surface area contributed by atoms with E-state index < -0.39 is 0 Å². The highest BCUT2D eigenvalue weighted by atomic mass is 35.5. The highest BCUT2D eigenvalue weighted by Crippen LogP contribution is 2.22. The molecule has 1 amide bonds. The third-order valence-electron chi connectivity index (χ3n) is 2.40. The van der Waals surface area contributed by atoms with Crippen LogP contribution in [0.2, 0.25) is 0 Å². The number of hydrogen-bond acceptors (Lipinski definition) is 2. The number of halogens is 1. The van der Waals surface area contributed by atoms with E-state index in [9.17, 15) is 4.79 Å². The van der Waals surface area contributed by atoms with Crippen LogP contribution in [0.25, 0.3) is 0 Å². The van der Waals surface area contributed by atoms with Crippen LogP contribution in [-0.2, 0) is 9.53 Å². The zero-order chi connectivity index (χ0) is 9.68. The summed E-state index contributed by atoms with van der Waals surface area (Å²) in [4.78, 5) is 11.2. The van der Waals surface area contributed by atoms with Crippen molar-refractivity contribution in [3.8, 4) is 0 Å². The molecular weight excluding hydrogens is 190 g/mol. The zero-order valence-electron chi connectivity index (χ0n) is 7.88. The van der Waals surface area contributed by atoms with Gasteiger partial charge in [-0.3, -0.25) is 4.79 Å². The number of alkyl halides is 1. The summed E-state index contributed by atoms with van der Waals surface area (Å²) in [5.41, 5.74) is 0. The molecule has 3 nitrogen and oxygen atoms in total. The second kappa shape index (κ2) is 5.45. The SMILES string of the molecule is COC1CCC1NC(=O)CCCCl. The molecule has 2 atom stereocenters. The number of rotatable bonds is 5. The van der Waals surface area contributed by atoms with Gasteiger partial charge in [-0.1, -0.05) is 0 Å². The first-order valence-electron chi connectivity index (χ1n) is 4.66. The Bertz CT molecular complexity index is 173. The van der Waals surface area contributed by atoms with Gasteiger partial charge in [-0.2, -0.15) is 0 Å². The van der Waals surface area contributed by atoms with Gasteiger partial charge in [0, 0.05) is 19.4 Å². The average molecular weight is 206 g/mol. The molecule has 1 aliphatic carbocycles. The largest absolute Gasteiger partial charge is 0.379 e. The second-order valence-electron chi connectivity index (χ2n) is 3.32. The van der Waals surface area contributed by atoms with E-state index >= 15 is 0 Å². The van der Waals surface area contributed by atoms with Crippen molar-refractivity contribution in [2.24, 2.45) is 0 Å². The van der Waals surface area contributed by atoms with E-state index in [1.54, 1.807) is 7.11 Å². The monoisotopic (exact) mass is 205 g/mol. The molecule has 0 spiro atoms. The van der Waals surface area contributed by atoms with Crippen LogP contribution in [-0.4, -0.2) is 31.0 Å². The van der Waals surface area contributed by atoms with E-state index in [1.807, 2.05) is 0 Å². The van der Waals surface area contributed by atoms with Gasteiger partial charge in [0.15, 0.2) is 0 Å². The van der Waals surface area contributed by atoms with Gasteiger partial charge in [0.25, 0.3) is 0 Å². The molecule has 0 aromatic heterocycles. The standard InChI is InChI=1S/C9H16ClNO2/c1-13-8-5-4-7(8)11-9(12)3-2-6-10/h7-8H,2-6H2,1H3,(H,11,12). The first kappa shape index (κ1) is 10.8. The lowest BCUT2D eigenvalue weighted by Gasteiger charge is -2.35. The lowest BCUT2D eigenvalue weighted by atomic mass is 9.89. The average Bonchev–Trinajstić information content (AvgIpc) is 2.10. The van der Waals surface area contributed by atoms with Crippen LogP contribution >= 0.6 is 11.6 Å². The number of nitrogens with one attached hydrogen (secondary N) is 1. The van der Waals surface area contributed by atoms with E-state index in [4.69, 9.17) is 16.3 Å². The van der Waals surface area contributed by atoms with E-state index in [0.29, 0.717) is 12.3 Å². The molecule has 0 aromatic rings. The topological polar surface area (TPSA) is 38.3 Å². The maximum Gasteiger partial charge on any atom is 0.220 e. The fourth-order valence-corrected chi connectivity index (χ4v) is 1.56. The van der Waals surface area contributed by atoms with E-state index in [0.717, 1.165) is 19.3 Å². The normalized spacial score (nSPS) is 26.6. The molecule has 0 aromatic carbocycles. The maximum atomic E-state index is 11.2. The molecule has 0 radical (unpaired) electrons. The van der Waals surface area contributed by atoms with Crippen molar-refractivity contribution in [1.29, 1.82) is 0 Å². The summed E-state index contributed by atoms with van der Waals surface area (Å²) in [5, 5.41) is 2.93. The van der Waals surface area contributed by atoms with Crippen LogP contribution in [0.5, 0.6) is 0 Å². The number of carbonyl (C=O) groups excluding carboxylic acids is 1. The van der Waals surface area contributed by atoms with Gasteiger partial charge < -0.3 is 10.1 Å². The van der Waals surface area contributed by atoms with Gasteiger partial charge in [0.2, 0.25) is 5.91 Å². The maximum absolute atomic E-state index is 11.2. The van der Waals surface area contributed by atoms with Crippen LogP contribution in [0.3, 0.4) is 0 Å². The minimum absolute atomic E-state index is 0.0902. The second-order valence-corrected chi connectivity index (χ2v) is 3.70. The highest BCUT2D eigenvalue weighted by Gasteiger charge is 2.31. The Labute approximate surface area is 83.8 Å². The van der Waals surface area contributed by atoms with Crippen molar-refractivity contribution in [3.05, 3.63) is 0 Å². The van der Waals surface area contributed by atoms with Gasteiger partial charge in [0.05, 0.1) is 12.1 Å². The van der Waals surface area contributed by atoms with Crippen molar-refractivity contribution in [3.63, 3.8) is 0 Å². The smallest absolute Gasteiger partial charge is 0.220 e. The van der Waals surface area contributed by atoms with Crippen molar-refractivity contribution in [2.75, 3.05) is 13.0 Å². The van der Waals surface area contributed by atoms with Gasteiger partial charge in [-0.15, -0.1) is 11.6 Å². The first-order valence-corrected chi connectivity index (χ1v) is 5.19. The Morgan fingerprint density at radius 1 is 1.62 bits per heavy atom. The quantitative estimate of drug-likeness (QED) is 0.688. The lowest BCUT2D eigenvalue weighted by molar-refractivity contribution is -0.124. The molecule has 2 unspecified atom stereocenters. The molecule has 1 rings (SSSR count). The number of carbonyl (C=O) groups is 1. The van der Waals surface area contributed by atoms with E-state index in [2.05, 4.69) is 5.32 Å². The fraction of sp³-hybridized carbons (Fsp3) is 0.889. The first-order chi connectivity index (χ1) is 6.27. The van der Waals surface area contributed by atoms with Gasteiger partial charge in [-0.25, -0.2) is 0 Å². The third-order valence-corrected chi connectivity index (χ3v) is 2.66. The predicted octanol–water partition coefficient (Wildman–Crippen LogP) is 1.30. The van der Waals surface area contributed by atoms with Crippen molar-refractivity contribution in [2.45, 2.75) is 37.8 Å². The van der Waals surface area contributed by atoms with Crippen LogP contribution in [0.4, 0.5) is 0 Å². The summed E-state index contributed by atoms with van der Waals surface area (Å²) in [6.45, 7) is 0. The van der Waals surface area contributed by atoms with Crippen LogP contribution in [0.1, 0.15) is 25.7 Å². The Hall–Kier alpha value is -0.280. The molecule has 1 fully saturated rings. The van der Waals surface area contributed by atoms with Crippen molar-refractivity contribution in [1.82, 2.24) is 5.32 Å². The summed E-state index contributed by atoms with van der Waals surface area (Å²) in [6.07, 6.45) is 3.58. The van der Waals surface area contributed by atoms with Crippen LogP contribution < -0.4 is 5.32 Å². The Morgan fingerprint density at radius 3 is 2.85 bits per heavy atom. The molecule has 0 heterocycles. The van der Waals surface area contributed by atoms with Crippen molar-refractivity contribution >= 4 is 17.5 Å². The number of amides is 1. The van der Waals surface area contributed by atoms with E-state index in [1.165, 1.54) is 0 Å². The highest BCUT2D eigenvalue weighted by molar-refractivity contribution is 6.17. The molecule has 1 aliphatic rings. The number of methoxy groups -OCH3 is 1. The molecule has 0 bridgehead atoms. The molecule has 76 valence electrons. The number of hydrogen-bond donors (Lipinski definition) is 1. The molecule has 4 heteroatoms. The Balaban J connectivity index is 2.13. The minimum atomic E-state index is 0.0902. The minimum Gasteiger partial charge on any atom is -0.379 e. The molecule has 1 saturated carbocycles. The predicted molar refractivity (Wildman–Crippen MR) is 51.9 cm³/mol. The number of ether oxygens (including phenoxy) is 1. The summed E-state index contributed by atoms with van der Waals surface area (Å²) < 4.78 is 5.16. The van der Waals surface area contributed by atoms with Gasteiger partial charge in [-0.05, 0) is 19.3 Å². The lowest BCUT2D eigenvalue weighted by Crippen LogP contribution is -2.51. The molecule has 0 saturated heterocycles. The fourth-order valence-electron chi connectivity index (χ4n) is 1.42. The third kappa shape index (κ3) is 3.16. The zero-order valence-corrected chi connectivity index (χ0v) is 8.64. The van der Waals surface area contributed by atoms with E-state index in [-0.39, 0.29) is 18.1 Å². The summed E-state index contributed by atoms with van der Waals surface area (Å²) >= 11 is 5.48. The summed E-state index contributed by atoms with van der Waals surface area (Å²) in [6, 6.07) is 0.229. The Kier molecular flexibility index (Phi) is 4.53. The Morgan fingerprint density at radius 2 is 2.38 bits per heavy atom. The van der Waals surface area contributed by atoms with Gasteiger partial charge >= 0.3 is 0 Å². The van der Waals surface area contributed by atoms with Gasteiger partial charge in [0.1, 0.15) is 0 Å². The van der Waals surface area contributed by atoms with Crippen molar-refractivity contribution < 1.29 is 9.53 Å². The molecule has 1 N–H and O–H groups in total. The van der Waals surface area contributed by atoms with Crippen LogP contribution in [0.15, 0.2) is 0 Å². The molecule has 0 aliphatic heterocycles.